The molecule has 0 saturated carbocycles. The van der Waals surface area contributed by atoms with Gasteiger partial charge in [0.25, 0.3) is 10.0 Å². The highest BCUT2D eigenvalue weighted by Crippen LogP contribution is 2.32. The number of rotatable bonds is 3. The SMILES string of the molecule is O=S1(=O)CCN2C=CC=C(c3ccc(Oc4cncc(C(F)(F)F)c4)cc3)C2=N1. The Bertz CT molecular complexity index is 1140. The van der Waals surface area contributed by atoms with E-state index in [4.69, 9.17) is 4.74 Å². The number of ether oxygens (including phenoxy) is 1. The molecular weight excluding hydrogens is 407 g/mol. The fourth-order valence-corrected chi connectivity index (χ4v) is 3.90. The quantitative estimate of drug-likeness (QED) is 0.753. The Labute approximate surface area is 164 Å². The largest absolute Gasteiger partial charge is 0.456 e. The standard InChI is InChI=1S/C19H14F3N3O3S/c20-19(21,22)14-10-16(12-23-11-14)28-15-5-3-13(4-6-15)17-2-1-7-25-8-9-29(26,27)24-18(17)25/h1-7,10-12H,8-9H2. The van der Waals surface area contributed by atoms with Crippen LogP contribution >= 0.6 is 0 Å². The number of pyridine rings is 1. The molecule has 1 aromatic heterocycles. The Kier molecular flexibility index (Phi) is 4.65. The summed E-state index contributed by atoms with van der Waals surface area (Å²) in [6, 6.07) is 7.40. The highest BCUT2D eigenvalue weighted by molar-refractivity contribution is 7.90. The van der Waals surface area contributed by atoms with Gasteiger partial charge in [0.2, 0.25) is 0 Å². The summed E-state index contributed by atoms with van der Waals surface area (Å²) in [4.78, 5) is 5.32. The van der Waals surface area contributed by atoms with Crippen LogP contribution in [0.3, 0.4) is 0 Å². The lowest BCUT2D eigenvalue weighted by atomic mass is 10.0. The first-order valence-electron chi connectivity index (χ1n) is 8.50. The molecule has 0 atom stereocenters. The topological polar surface area (TPSA) is 71.9 Å². The number of hydrogen-bond acceptors (Lipinski definition) is 5. The van der Waals surface area contributed by atoms with Gasteiger partial charge >= 0.3 is 6.18 Å². The van der Waals surface area contributed by atoms with Crippen LogP contribution in [0.4, 0.5) is 13.2 Å². The molecule has 3 heterocycles. The molecule has 0 amide bonds. The van der Waals surface area contributed by atoms with E-state index in [9.17, 15) is 21.6 Å². The predicted molar refractivity (Wildman–Crippen MR) is 101 cm³/mol. The Morgan fingerprint density at radius 2 is 1.83 bits per heavy atom. The minimum Gasteiger partial charge on any atom is -0.456 e. The molecule has 0 bridgehead atoms. The minimum atomic E-state index is -4.51. The van der Waals surface area contributed by atoms with Crippen molar-refractivity contribution in [1.29, 1.82) is 0 Å². The van der Waals surface area contributed by atoms with E-state index in [1.54, 1.807) is 47.5 Å². The van der Waals surface area contributed by atoms with Crippen molar-refractivity contribution in [1.82, 2.24) is 9.88 Å². The fraction of sp³-hybridized carbons (Fsp3) is 0.158. The molecule has 0 radical (unpaired) electrons. The molecule has 2 aliphatic rings. The summed E-state index contributed by atoms with van der Waals surface area (Å²) in [5.74, 6) is 0.569. The minimum absolute atomic E-state index is 0.0404. The lowest BCUT2D eigenvalue weighted by molar-refractivity contribution is -0.137. The number of aromatic nitrogens is 1. The molecule has 2 aromatic rings. The normalized spacial score (nSPS) is 18.0. The van der Waals surface area contributed by atoms with Crippen LogP contribution in [0.25, 0.3) is 5.57 Å². The van der Waals surface area contributed by atoms with E-state index in [2.05, 4.69) is 9.38 Å². The van der Waals surface area contributed by atoms with Gasteiger partial charge in [-0.3, -0.25) is 4.98 Å². The summed E-state index contributed by atoms with van der Waals surface area (Å²) in [7, 11) is -3.51. The number of fused-ring (bicyclic) bond motifs is 1. The fourth-order valence-electron chi connectivity index (χ4n) is 2.91. The maximum absolute atomic E-state index is 12.8. The molecule has 0 saturated heterocycles. The van der Waals surface area contributed by atoms with Gasteiger partial charge in [-0.25, -0.2) is 8.42 Å². The van der Waals surface area contributed by atoms with Gasteiger partial charge in [0, 0.05) is 24.5 Å². The molecule has 0 fully saturated rings. The van der Waals surface area contributed by atoms with Gasteiger partial charge in [-0.2, -0.15) is 13.2 Å². The van der Waals surface area contributed by atoms with E-state index in [0.29, 0.717) is 29.3 Å². The molecule has 0 spiro atoms. The van der Waals surface area contributed by atoms with E-state index in [0.717, 1.165) is 12.3 Å². The summed E-state index contributed by atoms with van der Waals surface area (Å²) >= 11 is 0. The highest BCUT2D eigenvalue weighted by atomic mass is 32.2. The number of halogens is 3. The van der Waals surface area contributed by atoms with Crippen LogP contribution in [-0.2, 0) is 16.2 Å². The average molecular weight is 421 g/mol. The van der Waals surface area contributed by atoms with Gasteiger partial charge in [0.05, 0.1) is 17.5 Å². The van der Waals surface area contributed by atoms with E-state index >= 15 is 0 Å². The van der Waals surface area contributed by atoms with Crippen LogP contribution < -0.4 is 4.74 Å². The van der Waals surface area contributed by atoms with Gasteiger partial charge in [0.15, 0.2) is 5.84 Å². The Hall–Kier alpha value is -3.14. The maximum atomic E-state index is 12.8. The number of allylic oxidation sites excluding steroid dienone is 2. The monoisotopic (exact) mass is 421 g/mol. The second-order valence-electron chi connectivity index (χ2n) is 6.35. The zero-order valence-corrected chi connectivity index (χ0v) is 15.6. The summed E-state index contributed by atoms with van der Waals surface area (Å²) < 4.78 is 71.4. The van der Waals surface area contributed by atoms with E-state index in [1.165, 1.54) is 6.20 Å². The first kappa shape index (κ1) is 19.2. The molecule has 10 heteroatoms. The maximum Gasteiger partial charge on any atom is 0.418 e. The summed E-state index contributed by atoms with van der Waals surface area (Å²) in [5, 5.41) is 0. The lowest BCUT2D eigenvalue weighted by Gasteiger charge is -2.29. The third kappa shape index (κ3) is 4.16. The summed E-state index contributed by atoms with van der Waals surface area (Å²) in [5.41, 5.74) is 0.426. The molecule has 1 aromatic carbocycles. The van der Waals surface area contributed by atoms with Gasteiger partial charge in [-0.05, 0) is 35.9 Å². The number of benzene rings is 1. The summed E-state index contributed by atoms with van der Waals surface area (Å²) in [6.45, 7) is 0.318. The predicted octanol–water partition coefficient (Wildman–Crippen LogP) is 3.85. The number of nitrogens with zero attached hydrogens (tertiary/aromatic N) is 3. The van der Waals surface area contributed by atoms with Crippen LogP contribution in [0.2, 0.25) is 0 Å². The first-order chi connectivity index (χ1) is 13.7. The van der Waals surface area contributed by atoms with Crippen LogP contribution in [0.1, 0.15) is 11.1 Å². The van der Waals surface area contributed by atoms with Gasteiger partial charge < -0.3 is 9.64 Å². The summed E-state index contributed by atoms with van der Waals surface area (Å²) in [6.07, 6.45) is 2.72. The third-order valence-corrected chi connectivity index (χ3v) is 5.45. The van der Waals surface area contributed by atoms with E-state index in [1.807, 2.05) is 0 Å². The smallest absolute Gasteiger partial charge is 0.418 e. The number of alkyl halides is 3. The third-order valence-electron chi connectivity index (χ3n) is 4.30. The average Bonchev–Trinajstić information content (AvgIpc) is 2.67. The van der Waals surface area contributed by atoms with Crippen LogP contribution in [0.5, 0.6) is 11.5 Å². The van der Waals surface area contributed by atoms with Crippen molar-refractivity contribution in [3.8, 4) is 11.5 Å². The van der Waals surface area contributed by atoms with Crippen molar-refractivity contribution in [2.75, 3.05) is 12.3 Å². The van der Waals surface area contributed by atoms with Gasteiger partial charge in [-0.15, -0.1) is 4.40 Å². The molecule has 0 aliphatic carbocycles. The molecule has 0 N–H and O–H groups in total. The van der Waals surface area contributed by atoms with Crippen molar-refractivity contribution in [2.24, 2.45) is 4.40 Å². The molecular formula is C19H14F3N3O3S. The molecule has 2 aliphatic heterocycles. The Balaban J connectivity index is 1.58. The molecule has 29 heavy (non-hydrogen) atoms. The Morgan fingerprint density at radius 1 is 1.07 bits per heavy atom. The second kappa shape index (κ2) is 7.03. The van der Waals surface area contributed by atoms with Gasteiger partial charge in [-0.1, -0.05) is 12.1 Å². The van der Waals surface area contributed by atoms with Crippen LogP contribution in [0, 0.1) is 0 Å². The zero-order chi connectivity index (χ0) is 20.6. The Morgan fingerprint density at radius 3 is 2.55 bits per heavy atom. The van der Waals surface area contributed by atoms with Crippen LogP contribution in [0.15, 0.2) is 65.5 Å². The van der Waals surface area contributed by atoms with Crippen LogP contribution in [-0.4, -0.2) is 36.4 Å². The number of hydrogen-bond donors (Lipinski definition) is 0. The molecule has 6 nitrogen and oxygen atoms in total. The second-order valence-corrected chi connectivity index (χ2v) is 8.10. The lowest BCUT2D eigenvalue weighted by Crippen LogP contribution is -2.37. The molecule has 0 unspecified atom stereocenters. The van der Waals surface area contributed by atoms with Crippen molar-refractivity contribution in [3.05, 3.63) is 72.2 Å². The molecule has 4 rings (SSSR count). The zero-order valence-electron chi connectivity index (χ0n) is 14.8. The van der Waals surface area contributed by atoms with Crippen molar-refractivity contribution in [2.45, 2.75) is 6.18 Å². The highest BCUT2D eigenvalue weighted by Gasteiger charge is 2.31. The molecule has 150 valence electrons. The van der Waals surface area contributed by atoms with Crippen molar-refractivity contribution < 1.29 is 26.3 Å². The van der Waals surface area contributed by atoms with Crippen molar-refractivity contribution >= 4 is 21.4 Å². The van der Waals surface area contributed by atoms with E-state index < -0.39 is 21.8 Å². The van der Waals surface area contributed by atoms with Gasteiger partial charge in [0.1, 0.15) is 11.5 Å². The van der Waals surface area contributed by atoms with E-state index in [-0.39, 0.29) is 11.5 Å². The number of sulfonamides is 1. The van der Waals surface area contributed by atoms with Crippen molar-refractivity contribution in [3.63, 3.8) is 0 Å². The number of amidine groups is 1. The first-order valence-corrected chi connectivity index (χ1v) is 10.1.